The van der Waals surface area contributed by atoms with E-state index in [0.717, 1.165) is 5.56 Å². The highest BCUT2D eigenvalue weighted by molar-refractivity contribution is 7.92. The van der Waals surface area contributed by atoms with E-state index in [2.05, 4.69) is 4.72 Å². The molecular formula is C16H18N2O3S. The van der Waals surface area contributed by atoms with Crippen molar-refractivity contribution in [2.24, 2.45) is 5.73 Å². The third kappa shape index (κ3) is 3.65. The van der Waals surface area contributed by atoms with Gasteiger partial charge in [-0.2, -0.15) is 0 Å². The van der Waals surface area contributed by atoms with Crippen LogP contribution >= 0.6 is 0 Å². The van der Waals surface area contributed by atoms with Crippen molar-refractivity contribution in [1.29, 1.82) is 0 Å². The van der Waals surface area contributed by atoms with Crippen LogP contribution < -0.4 is 10.5 Å². The van der Waals surface area contributed by atoms with Gasteiger partial charge >= 0.3 is 0 Å². The molecule has 0 saturated carbocycles. The van der Waals surface area contributed by atoms with Crippen LogP contribution in [0.1, 0.15) is 35.7 Å². The number of rotatable bonds is 5. The fourth-order valence-corrected chi connectivity index (χ4v) is 3.03. The summed E-state index contributed by atoms with van der Waals surface area (Å²) < 4.78 is 27.1. The SMILES string of the molecule is CC(C)c1ccc(S(=O)(=O)Nc2cccc(C(N)=O)c2)cc1. The first kappa shape index (κ1) is 16.0. The van der Waals surface area contributed by atoms with Gasteiger partial charge in [-0.05, 0) is 41.8 Å². The first-order valence-corrected chi connectivity index (χ1v) is 8.30. The predicted octanol–water partition coefficient (Wildman–Crippen LogP) is 2.71. The number of primary amides is 1. The molecule has 0 aliphatic carbocycles. The Balaban J connectivity index is 2.27. The Morgan fingerprint density at radius 1 is 1.09 bits per heavy atom. The van der Waals surface area contributed by atoms with E-state index in [1.807, 2.05) is 13.8 Å². The van der Waals surface area contributed by atoms with Crippen LogP contribution in [-0.2, 0) is 10.0 Å². The van der Waals surface area contributed by atoms with Gasteiger partial charge in [-0.1, -0.05) is 32.0 Å². The highest BCUT2D eigenvalue weighted by atomic mass is 32.2. The number of carbonyl (C=O) groups is 1. The molecule has 2 rings (SSSR count). The van der Waals surface area contributed by atoms with Gasteiger partial charge in [0.05, 0.1) is 4.90 Å². The van der Waals surface area contributed by atoms with Crippen LogP contribution in [-0.4, -0.2) is 14.3 Å². The number of amides is 1. The molecule has 0 atom stereocenters. The Hall–Kier alpha value is -2.34. The Labute approximate surface area is 130 Å². The molecule has 0 unspecified atom stereocenters. The molecular weight excluding hydrogens is 300 g/mol. The fraction of sp³-hybridized carbons (Fsp3) is 0.188. The monoisotopic (exact) mass is 318 g/mol. The van der Waals surface area contributed by atoms with Gasteiger partial charge in [0.1, 0.15) is 0 Å². The first-order valence-electron chi connectivity index (χ1n) is 6.82. The largest absolute Gasteiger partial charge is 0.366 e. The van der Waals surface area contributed by atoms with E-state index in [4.69, 9.17) is 5.73 Å². The summed E-state index contributed by atoms with van der Waals surface area (Å²) in [6, 6.07) is 12.8. The van der Waals surface area contributed by atoms with Gasteiger partial charge in [0.15, 0.2) is 0 Å². The first-order chi connectivity index (χ1) is 10.3. The molecule has 5 nitrogen and oxygen atoms in total. The quantitative estimate of drug-likeness (QED) is 0.888. The summed E-state index contributed by atoms with van der Waals surface area (Å²) >= 11 is 0. The van der Waals surface area contributed by atoms with Crippen molar-refractivity contribution in [2.75, 3.05) is 4.72 Å². The lowest BCUT2D eigenvalue weighted by Crippen LogP contribution is -2.15. The summed E-state index contributed by atoms with van der Waals surface area (Å²) in [4.78, 5) is 11.3. The number of carbonyl (C=O) groups excluding carboxylic acids is 1. The summed E-state index contributed by atoms with van der Waals surface area (Å²) in [6.07, 6.45) is 0. The average Bonchev–Trinajstić information content (AvgIpc) is 2.47. The van der Waals surface area contributed by atoms with Crippen molar-refractivity contribution in [3.8, 4) is 0 Å². The van der Waals surface area contributed by atoms with Crippen molar-refractivity contribution >= 4 is 21.6 Å². The van der Waals surface area contributed by atoms with E-state index in [1.165, 1.54) is 12.1 Å². The summed E-state index contributed by atoms with van der Waals surface area (Å²) in [7, 11) is -3.70. The maximum atomic E-state index is 12.3. The Bertz CT molecular complexity index is 781. The number of anilines is 1. The molecule has 1 amide bonds. The maximum absolute atomic E-state index is 12.3. The van der Waals surface area contributed by atoms with E-state index in [1.54, 1.807) is 36.4 Å². The van der Waals surface area contributed by atoms with Gasteiger partial charge in [-0.15, -0.1) is 0 Å². The van der Waals surface area contributed by atoms with E-state index in [-0.39, 0.29) is 10.5 Å². The molecule has 3 N–H and O–H groups in total. The molecule has 2 aromatic carbocycles. The lowest BCUT2D eigenvalue weighted by molar-refractivity contribution is 0.100. The van der Waals surface area contributed by atoms with Crippen molar-refractivity contribution in [1.82, 2.24) is 0 Å². The van der Waals surface area contributed by atoms with Crippen LogP contribution in [0.4, 0.5) is 5.69 Å². The zero-order chi connectivity index (χ0) is 16.3. The van der Waals surface area contributed by atoms with E-state index >= 15 is 0 Å². The Morgan fingerprint density at radius 3 is 2.27 bits per heavy atom. The highest BCUT2D eigenvalue weighted by Gasteiger charge is 2.15. The highest BCUT2D eigenvalue weighted by Crippen LogP contribution is 2.20. The van der Waals surface area contributed by atoms with Crippen molar-refractivity contribution in [2.45, 2.75) is 24.7 Å². The van der Waals surface area contributed by atoms with Crippen LogP contribution in [0.5, 0.6) is 0 Å². The minimum absolute atomic E-state index is 0.168. The van der Waals surface area contributed by atoms with Gasteiger partial charge in [0.25, 0.3) is 10.0 Å². The summed E-state index contributed by atoms with van der Waals surface area (Å²) in [5.41, 5.74) is 6.79. The van der Waals surface area contributed by atoms with E-state index in [0.29, 0.717) is 11.6 Å². The maximum Gasteiger partial charge on any atom is 0.261 e. The molecule has 0 aliphatic rings. The zero-order valence-electron chi connectivity index (χ0n) is 12.4. The van der Waals surface area contributed by atoms with Crippen molar-refractivity contribution in [3.63, 3.8) is 0 Å². The number of benzene rings is 2. The Kier molecular flexibility index (Phi) is 4.51. The van der Waals surface area contributed by atoms with Crippen LogP contribution in [0, 0.1) is 0 Å². The topological polar surface area (TPSA) is 89.3 Å². The molecule has 0 saturated heterocycles. The lowest BCUT2D eigenvalue weighted by atomic mass is 10.0. The smallest absolute Gasteiger partial charge is 0.261 e. The van der Waals surface area contributed by atoms with Crippen molar-refractivity contribution in [3.05, 3.63) is 59.7 Å². The van der Waals surface area contributed by atoms with Crippen LogP contribution in [0.15, 0.2) is 53.4 Å². The molecule has 0 radical (unpaired) electrons. The Morgan fingerprint density at radius 2 is 1.73 bits per heavy atom. The molecule has 6 heteroatoms. The fourth-order valence-electron chi connectivity index (χ4n) is 1.98. The van der Waals surface area contributed by atoms with Crippen LogP contribution in [0.3, 0.4) is 0 Å². The number of hydrogen-bond donors (Lipinski definition) is 2. The molecule has 0 aromatic heterocycles. The standard InChI is InChI=1S/C16H18N2O3S/c1-11(2)12-6-8-15(9-7-12)22(20,21)18-14-5-3-4-13(10-14)16(17)19/h3-11,18H,1-2H3,(H2,17,19). The minimum atomic E-state index is -3.70. The second-order valence-corrected chi connectivity index (χ2v) is 6.96. The van der Waals surface area contributed by atoms with E-state index < -0.39 is 15.9 Å². The van der Waals surface area contributed by atoms with Crippen molar-refractivity contribution < 1.29 is 13.2 Å². The van der Waals surface area contributed by atoms with E-state index in [9.17, 15) is 13.2 Å². The van der Waals surface area contributed by atoms with Gasteiger partial charge in [-0.25, -0.2) is 8.42 Å². The minimum Gasteiger partial charge on any atom is -0.366 e. The molecule has 0 aliphatic heterocycles. The van der Waals surface area contributed by atoms with Gasteiger partial charge in [0, 0.05) is 11.3 Å². The second-order valence-electron chi connectivity index (χ2n) is 5.27. The summed E-state index contributed by atoms with van der Waals surface area (Å²) in [5.74, 6) is -0.278. The molecule has 0 heterocycles. The normalized spacial score (nSPS) is 11.4. The molecule has 0 spiro atoms. The third-order valence-corrected chi connectivity index (χ3v) is 4.65. The summed E-state index contributed by atoms with van der Waals surface area (Å²) in [5, 5.41) is 0. The molecule has 116 valence electrons. The van der Waals surface area contributed by atoms with Crippen LogP contribution in [0.2, 0.25) is 0 Å². The zero-order valence-corrected chi connectivity index (χ0v) is 13.2. The molecule has 0 bridgehead atoms. The summed E-state index contributed by atoms with van der Waals surface area (Å²) in [6.45, 7) is 4.08. The second kappa shape index (κ2) is 6.19. The number of hydrogen-bond acceptors (Lipinski definition) is 3. The van der Waals surface area contributed by atoms with Crippen LogP contribution in [0.25, 0.3) is 0 Å². The average molecular weight is 318 g/mol. The molecule has 22 heavy (non-hydrogen) atoms. The predicted molar refractivity (Wildman–Crippen MR) is 86.3 cm³/mol. The third-order valence-electron chi connectivity index (χ3n) is 3.26. The number of nitrogens with one attached hydrogen (secondary N) is 1. The molecule has 2 aromatic rings. The number of nitrogens with two attached hydrogens (primary N) is 1. The van der Waals surface area contributed by atoms with Gasteiger partial charge in [-0.3, -0.25) is 9.52 Å². The lowest BCUT2D eigenvalue weighted by Gasteiger charge is -2.10. The molecule has 0 fully saturated rings. The number of sulfonamides is 1. The van der Waals surface area contributed by atoms with Gasteiger partial charge in [0.2, 0.25) is 5.91 Å². The van der Waals surface area contributed by atoms with Gasteiger partial charge < -0.3 is 5.73 Å².